The molecule has 1 aliphatic heterocycles. The average molecular weight is 291 g/mol. The van der Waals surface area contributed by atoms with Gasteiger partial charge in [0.15, 0.2) is 0 Å². The number of aliphatic hydroxyl groups excluding tert-OH is 1. The Labute approximate surface area is 126 Å². The summed E-state index contributed by atoms with van der Waals surface area (Å²) in [7, 11) is 0. The zero-order valence-corrected chi connectivity index (χ0v) is 13.2. The molecule has 110 valence electrons. The number of thiophene rings is 1. The quantitative estimate of drug-likeness (QED) is 0.837. The molecule has 0 radical (unpaired) electrons. The van der Waals surface area contributed by atoms with E-state index < -0.39 is 0 Å². The second-order valence-electron chi connectivity index (χ2n) is 5.45. The molecule has 1 fully saturated rings. The number of aliphatic hydroxyl groups is 1. The molecule has 0 bridgehead atoms. The van der Waals surface area contributed by atoms with Gasteiger partial charge in [-0.05, 0) is 37.9 Å². The van der Waals surface area contributed by atoms with Crippen molar-refractivity contribution in [1.29, 1.82) is 0 Å². The third kappa shape index (κ3) is 4.63. The van der Waals surface area contributed by atoms with Crippen LogP contribution in [0.2, 0.25) is 0 Å². The molecule has 2 nitrogen and oxygen atoms in total. The number of hydrogen-bond acceptors (Lipinski definition) is 3. The van der Waals surface area contributed by atoms with E-state index in [-0.39, 0.29) is 6.61 Å². The first-order valence-corrected chi connectivity index (χ1v) is 8.57. The fourth-order valence-electron chi connectivity index (χ4n) is 2.86. The van der Waals surface area contributed by atoms with Crippen molar-refractivity contribution < 1.29 is 5.11 Å². The van der Waals surface area contributed by atoms with E-state index in [1.54, 1.807) is 11.3 Å². The third-order valence-electron chi connectivity index (χ3n) is 3.84. The van der Waals surface area contributed by atoms with Crippen molar-refractivity contribution in [3.63, 3.8) is 0 Å². The molecule has 1 unspecified atom stereocenters. The van der Waals surface area contributed by atoms with Crippen LogP contribution in [0.1, 0.15) is 55.2 Å². The molecule has 3 heteroatoms. The summed E-state index contributed by atoms with van der Waals surface area (Å²) in [6.07, 6.45) is 7.27. The van der Waals surface area contributed by atoms with Gasteiger partial charge < -0.3 is 5.11 Å². The summed E-state index contributed by atoms with van der Waals surface area (Å²) >= 11 is 1.80. The normalized spacial score (nSPS) is 19.6. The Morgan fingerprint density at radius 2 is 2.30 bits per heavy atom. The highest BCUT2D eigenvalue weighted by atomic mass is 32.1. The minimum atomic E-state index is 0.151. The summed E-state index contributed by atoms with van der Waals surface area (Å²) in [6, 6.07) is 5.11. The highest BCUT2D eigenvalue weighted by molar-refractivity contribution is 7.12. The van der Waals surface area contributed by atoms with Gasteiger partial charge in [-0.1, -0.05) is 31.6 Å². The Morgan fingerprint density at radius 1 is 1.40 bits per heavy atom. The highest BCUT2D eigenvalue weighted by Gasteiger charge is 2.21. The van der Waals surface area contributed by atoms with Crippen molar-refractivity contribution in [3.05, 3.63) is 21.9 Å². The van der Waals surface area contributed by atoms with Gasteiger partial charge in [0.05, 0.1) is 11.5 Å². The maximum atomic E-state index is 8.74. The molecule has 2 rings (SSSR count). The average Bonchev–Trinajstić information content (AvgIpc) is 2.89. The van der Waals surface area contributed by atoms with Crippen molar-refractivity contribution >= 4 is 11.3 Å². The van der Waals surface area contributed by atoms with E-state index in [2.05, 4.69) is 35.8 Å². The Bertz CT molecular complexity index is 455. The van der Waals surface area contributed by atoms with Crippen LogP contribution >= 0.6 is 11.3 Å². The molecule has 0 aliphatic carbocycles. The van der Waals surface area contributed by atoms with E-state index in [1.807, 2.05) is 0 Å². The number of nitrogens with zero attached hydrogens (tertiary/aromatic N) is 1. The molecule has 0 aromatic carbocycles. The van der Waals surface area contributed by atoms with Crippen molar-refractivity contribution in [2.75, 3.05) is 13.2 Å². The lowest BCUT2D eigenvalue weighted by molar-refractivity contribution is 0.133. The number of hydrogen-bond donors (Lipinski definition) is 1. The van der Waals surface area contributed by atoms with Gasteiger partial charge in [-0.25, -0.2) is 0 Å². The largest absolute Gasteiger partial charge is 0.395 e. The van der Waals surface area contributed by atoms with Crippen LogP contribution in [0.3, 0.4) is 0 Å². The van der Waals surface area contributed by atoms with Crippen LogP contribution in [-0.4, -0.2) is 29.2 Å². The lowest BCUT2D eigenvalue weighted by Crippen LogP contribution is -2.38. The van der Waals surface area contributed by atoms with Crippen LogP contribution in [0.25, 0.3) is 0 Å². The van der Waals surface area contributed by atoms with Gasteiger partial charge >= 0.3 is 0 Å². The summed E-state index contributed by atoms with van der Waals surface area (Å²) in [6.45, 7) is 4.76. The molecule has 0 spiro atoms. The second kappa shape index (κ2) is 8.46. The van der Waals surface area contributed by atoms with Gasteiger partial charge in [0.1, 0.15) is 0 Å². The van der Waals surface area contributed by atoms with Crippen LogP contribution in [0.5, 0.6) is 0 Å². The first kappa shape index (κ1) is 15.6. The summed E-state index contributed by atoms with van der Waals surface area (Å²) < 4.78 is 0. The third-order valence-corrected chi connectivity index (χ3v) is 4.83. The molecule has 0 amide bonds. The number of rotatable bonds is 5. The van der Waals surface area contributed by atoms with E-state index in [0.29, 0.717) is 6.42 Å². The molecule has 1 saturated heterocycles. The SMILES string of the molecule is CCCC1CCCCN1Cc1ccc(C#CCCO)s1. The molecule has 2 heterocycles. The second-order valence-corrected chi connectivity index (χ2v) is 6.62. The molecule has 1 atom stereocenters. The smallest absolute Gasteiger partial charge is 0.0771 e. The van der Waals surface area contributed by atoms with Gasteiger partial charge in [0.25, 0.3) is 0 Å². The van der Waals surface area contributed by atoms with Crippen molar-refractivity contribution in [2.24, 2.45) is 0 Å². The Balaban J connectivity index is 1.93. The zero-order chi connectivity index (χ0) is 14.2. The number of likely N-dealkylation sites (tertiary alicyclic amines) is 1. The molecular formula is C17H25NOS. The lowest BCUT2D eigenvalue weighted by atomic mass is 9.98. The maximum Gasteiger partial charge on any atom is 0.0771 e. The molecule has 1 aromatic heterocycles. The monoisotopic (exact) mass is 291 g/mol. The zero-order valence-electron chi connectivity index (χ0n) is 12.4. The van der Waals surface area contributed by atoms with Gasteiger partial charge in [-0.3, -0.25) is 4.90 Å². The molecular weight excluding hydrogens is 266 g/mol. The highest BCUT2D eigenvalue weighted by Crippen LogP contribution is 2.25. The van der Waals surface area contributed by atoms with Gasteiger partial charge in [0.2, 0.25) is 0 Å². The molecule has 20 heavy (non-hydrogen) atoms. The van der Waals surface area contributed by atoms with Crippen LogP contribution in [0.15, 0.2) is 12.1 Å². The fraction of sp³-hybridized carbons (Fsp3) is 0.647. The van der Waals surface area contributed by atoms with Crippen LogP contribution < -0.4 is 0 Å². The number of piperidine rings is 1. The topological polar surface area (TPSA) is 23.5 Å². The fourth-order valence-corrected chi connectivity index (χ4v) is 3.77. The summed E-state index contributed by atoms with van der Waals surface area (Å²) in [4.78, 5) is 5.20. The summed E-state index contributed by atoms with van der Waals surface area (Å²) in [5.41, 5.74) is 0. The minimum absolute atomic E-state index is 0.151. The van der Waals surface area contributed by atoms with E-state index in [1.165, 1.54) is 43.5 Å². The maximum absolute atomic E-state index is 8.74. The van der Waals surface area contributed by atoms with E-state index >= 15 is 0 Å². The Kier molecular flexibility index (Phi) is 6.59. The summed E-state index contributed by atoms with van der Waals surface area (Å²) in [5.74, 6) is 6.12. The van der Waals surface area contributed by atoms with Crippen molar-refractivity contribution in [1.82, 2.24) is 4.90 Å². The van der Waals surface area contributed by atoms with Gasteiger partial charge in [-0.2, -0.15) is 0 Å². The molecule has 0 saturated carbocycles. The Morgan fingerprint density at radius 3 is 3.10 bits per heavy atom. The minimum Gasteiger partial charge on any atom is -0.395 e. The molecule has 1 N–H and O–H groups in total. The van der Waals surface area contributed by atoms with E-state index in [9.17, 15) is 0 Å². The Hall–Kier alpha value is -0.820. The van der Waals surface area contributed by atoms with Crippen LogP contribution in [0, 0.1) is 11.8 Å². The van der Waals surface area contributed by atoms with Crippen molar-refractivity contribution in [2.45, 2.75) is 58.0 Å². The van der Waals surface area contributed by atoms with Gasteiger partial charge in [-0.15, -0.1) is 11.3 Å². The van der Waals surface area contributed by atoms with Crippen LogP contribution in [-0.2, 0) is 6.54 Å². The van der Waals surface area contributed by atoms with Crippen LogP contribution in [0.4, 0.5) is 0 Å². The molecule has 1 aliphatic rings. The van der Waals surface area contributed by atoms with E-state index in [4.69, 9.17) is 5.11 Å². The first-order chi connectivity index (χ1) is 9.83. The predicted molar refractivity (Wildman–Crippen MR) is 85.9 cm³/mol. The van der Waals surface area contributed by atoms with E-state index in [0.717, 1.165) is 17.5 Å². The van der Waals surface area contributed by atoms with Gasteiger partial charge in [0, 0.05) is 23.9 Å². The first-order valence-electron chi connectivity index (χ1n) is 7.76. The van der Waals surface area contributed by atoms with Crippen molar-refractivity contribution in [3.8, 4) is 11.8 Å². The predicted octanol–water partition coefficient (Wildman–Crippen LogP) is 3.64. The summed E-state index contributed by atoms with van der Waals surface area (Å²) in [5, 5.41) is 8.74. The lowest BCUT2D eigenvalue weighted by Gasteiger charge is -2.35. The standard InChI is InChI=1S/C17H25NOS/c1-2-7-15-8-3-5-12-18(15)14-17-11-10-16(20-17)9-4-6-13-19/h10-11,15,19H,2-3,5-8,12-14H2,1H3. The molecule has 1 aromatic rings.